The van der Waals surface area contributed by atoms with Crippen LogP contribution in [0.2, 0.25) is 0 Å². The maximum Gasteiger partial charge on any atom is 0.246 e. The number of nitrogens with one attached hydrogen (secondary N) is 2. The van der Waals surface area contributed by atoms with Crippen LogP contribution >= 0.6 is 11.8 Å². The van der Waals surface area contributed by atoms with Crippen LogP contribution in [0, 0.1) is 23.7 Å². The number of hydrogen-bond acceptors (Lipinski definition) is 7. The highest BCUT2D eigenvalue weighted by atomic mass is 32.2. The zero-order valence-corrected chi connectivity index (χ0v) is 27.4. The Hall–Kier alpha value is -3.50. The van der Waals surface area contributed by atoms with E-state index in [1.54, 1.807) is 30.9 Å². The topological polar surface area (TPSA) is 106 Å². The number of anilines is 1. The van der Waals surface area contributed by atoms with Gasteiger partial charge in [-0.05, 0) is 66.8 Å². The Balaban J connectivity index is 1.30. The van der Waals surface area contributed by atoms with Gasteiger partial charge in [-0.3, -0.25) is 14.4 Å². The predicted molar refractivity (Wildman–Crippen MR) is 173 cm³/mol. The highest BCUT2D eigenvalue weighted by Crippen LogP contribution is 2.55. The zero-order chi connectivity index (χ0) is 31.9. The number of fused-ring (bicyclic) bond motifs is 1. The summed E-state index contributed by atoms with van der Waals surface area (Å²) in [5, 5.41) is 6.35. The van der Waals surface area contributed by atoms with E-state index < -0.39 is 29.6 Å². The molecule has 2 aromatic carbocycles. The Bertz CT molecular complexity index is 1500. The third-order valence-corrected chi connectivity index (χ3v) is 11.1. The first-order valence-corrected chi connectivity index (χ1v) is 17.1. The minimum Gasteiger partial charge on any atom is -0.493 e. The molecule has 8 atom stereocenters. The van der Waals surface area contributed by atoms with Crippen molar-refractivity contribution in [3.05, 3.63) is 60.2 Å². The van der Waals surface area contributed by atoms with Crippen LogP contribution in [-0.2, 0) is 25.5 Å². The summed E-state index contributed by atoms with van der Waals surface area (Å²) in [6.45, 7) is 4.70. The highest BCUT2D eigenvalue weighted by molar-refractivity contribution is 7.98. The number of methoxy groups -OCH3 is 2. The van der Waals surface area contributed by atoms with E-state index in [-0.39, 0.29) is 30.3 Å². The molecule has 2 bridgehead atoms. The molecule has 2 N–H and O–H groups in total. The van der Waals surface area contributed by atoms with E-state index in [0.29, 0.717) is 35.4 Å². The number of ether oxygens (including phenoxy) is 3. The fourth-order valence-corrected chi connectivity index (χ4v) is 8.23. The molecule has 0 aromatic heterocycles. The molecule has 3 heterocycles. The first kappa shape index (κ1) is 31.5. The second-order valence-electron chi connectivity index (χ2n) is 12.8. The van der Waals surface area contributed by atoms with Crippen LogP contribution in [0.25, 0.3) is 0 Å². The number of rotatable bonds is 10. The first-order chi connectivity index (χ1) is 21.7. The number of carbonyl (C=O) groups is 3. The summed E-state index contributed by atoms with van der Waals surface area (Å²) in [7, 11) is 3.17. The molecule has 1 saturated carbocycles. The van der Waals surface area contributed by atoms with E-state index in [1.807, 2.05) is 60.9 Å². The Labute approximate surface area is 269 Å². The summed E-state index contributed by atoms with van der Waals surface area (Å²) in [6, 6.07) is 12.4. The van der Waals surface area contributed by atoms with Gasteiger partial charge in [0.1, 0.15) is 11.6 Å². The van der Waals surface area contributed by atoms with E-state index in [4.69, 9.17) is 14.2 Å². The van der Waals surface area contributed by atoms with Crippen molar-refractivity contribution in [3.8, 4) is 11.5 Å². The molecular weight excluding hydrogens is 590 g/mol. The molecule has 10 heteroatoms. The Morgan fingerprint density at radius 2 is 1.87 bits per heavy atom. The summed E-state index contributed by atoms with van der Waals surface area (Å²) < 4.78 is 17.4. The minimum atomic E-state index is -1.21. The molecule has 240 valence electrons. The van der Waals surface area contributed by atoms with Crippen molar-refractivity contribution in [2.24, 2.45) is 23.7 Å². The van der Waals surface area contributed by atoms with E-state index in [0.717, 1.165) is 29.7 Å². The van der Waals surface area contributed by atoms with Crippen molar-refractivity contribution in [1.82, 2.24) is 10.2 Å². The van der Waals surface area contributed by atoms with Crippen LogP contribution in [0.3, 0.4) is 0 Å². The molecule has 2 saturated heterocycles. The molecule has 6 rings (SSSR count). The molecule has 6 unspecified atom stereocenters. The molecule has 0 radical (unpaired) electrons. The number of thioether (sulfide) groups is 1. The van der Waals surface area contributed by atoms with Crippen LogP contribution < -0.4 is 20.1 Å². The van der Waals surface area contributed by atoms with Gasteiger partial charge < -0.3 is 29.7 Å². The van der Waals surface area contributed by atoms with Crippen molar-refractivity contribution >= 4 is 35.2 Å². The van der Waals surface area contributed by atoms with Gasteiger partial charge in [-0.2, -0.15) is 0 Å². The van der Waals surface area contributed by atoms with Crippen LogP contribution in [0.4, 0.5) is 5.69 Å². The quantitative estimate of drug-likeness (QED) is 0.289. The van der Waals surface area contributed by atoms with Crippen molar-refractivity contribution in [1.29, 1.82) is 0 Å². The number of benzene rings is 2. The molecule has 9 nitrogen and oxygen atoms in total. The van der Waals surface area contributed by atoms with Crippen molar-refractivity contribution in [3.63, 3.8) is 0 Å². The van der Waals surface area contributed by atoms with Crippen LogP contribution in [0.15, 0.2) is 59.5 Å². The van der Waals surface area contributed by atoms with Crippen molar-refractivity contribution < 1.29 is 28.6 Å². The third kappa shape index (κ3) is 5.60. The van der Waals surface area contributed by atoms with E-state index in [9.17, 15) is 14.4 Å². The van der Waals surface area contributed by atoms with Crippen LogP contribution in [0.1, 0.15) is 38.7 Å². The molecule has 3 fully saturated rings. The van der Waals surface area contributed by atoms with Crippen LogP contribution in [-0.4, -0.2) is 73.4 Å². The molecule has 1 spiro atoms. The lowest BCUT2D eigenvalue weighted by atomic mass is 9.73. The second kappa shape index (κ2) is 12.7. The predicted octanol–water partition coefficient (Wildman–Crippen LogP) is 4.70. The van der Waals surface area contributed by atoms with E-state index >= 15 is 0 Å². The molecule has 3 amide bonds. The number of hydrogen-bond donors (Lipinski definition) is 2. The first-order valence-electron chi connectivity index (χ1n) is 15.8. The summed E-state index contributed by atoms with van der Waals surface area (Å²) >= 11 is 1.59. The number of amides is 3. The largest absolute Gasteiger partial charge is 0.493 e. The van der Waals surface area contributed by atoms with Gasteiger partial charge in [0.2, 0.25) is 17.7 Å². The van der Waals surface area contributed by atoms with Gasteiger partial charge in [-0.25, -0.2) is 0 Å². The minimum absolute atomic E-state index is 0.0184. The highest BCUT2D eigenvalue weighted by Gasteiger charge is 2.72. The summed E-state index contributed by atoms with van der Waals surface area (Å²) in [6.07, 6.45) is 8.70. The number of carbonyl (C=O) groups excluding carboxylic acids is 3. The fraction of sp³-hybridized carbons (Fsp3) is 0.514. The summed E-state index contributed by atoms with van der Waals surface area (Å²) in [4.78, 5) is 45.3. The molecule has 3 aliphatic heterocycles. The second-order valence-corrected chi connectivity index (χ2v) is 13.7. The Kier molecular flexibility index (Phi) is 8.89. The lowest BCUT2D eigenvalue weighted by Gasteiger charge is -2.38. The lowest BCUT2D eigenvalue weighted by molar-refractivity contribution is -0.141. The molecule has 2 aromatic rings. The van der Waals surface area contributed by atoms with Gasteiger partial charge in [-0.1, -0.05) is 51.0 Å². The molecular formula is C35H43N3O6S. The fourth-order valence-electron chi connectivity index (χ4n) is 7.77. The molecule has 4 aliphatic rings. The third-order valence-electron chi connectivity index (χ3n) is 10.4. The van der Waals surface area contributed by atoms with Gasteiger partial charge in [0.15, 0.2) is 11.5 Å². The van der Waals surface area contributed by atoms with Gasteiger partial charge in [-0.15, -0.1) is 11.8 Å². The summed E-state index contributed by atoms with van der Waals surface area (Å²) in [5.41, 5.74) is 0.390. The standard InChI is InChI=1S/C35H43N3O6S/c1-20-8-6-11-25(21(20)2)37-33(40)31-35-16-14-27(44-35)29(32(39)36-23-9-7-10-24(19-23)45-5)30(35)34(41)38(31)17-15-22-12-13-26(42-3)28(18-22)43-4/h7,9-10,12-14,16,18-21,25,27,29-31H,6,8,11,15,17H2,1-5H3,(H,36,39)(H,37,40)/t20?,21?,25?,27-,29?,30-,31?,35?/m0/s1. The maximum absolute atomic E-state index is 14.4. The average molecular weight is 634 g/mol. The van der Waals surface area contributed by atoms with Gasteiger partial charge in [0.05, 0.1) is 32.2 Å². The normalized spacial score (nSPS) is 31.5. The number of nitrogens with zero attached hydrogens (tertiary/aromatic N) is 1. The monoisotopic (exact) mass is 633 g/mol. The SMILES string of the molecule is COc1ccc(CCN2C(=O)[C@@H]3C(C(=O)Nc4cccc(SC)c4)[C@@H]4C=CC3(O4)C2C(=O)NC2CCCC(C)C2C)cc1OC. The van der Waals surface area contributed by atoms with Gasteiger partial charge in [0, 0.05) is 23.2 Å². The number of likely N-dealkylation sites (tertiary alicyclic amines) is 1. The van der Waals surface area contributed by atoms with Gasteiger partial charge >= 0.3 is 0 Å². The smallest absolute Gasteiger partial charge is 0.246 e. The molecule has 45 heavy (non-hydrogen) atoms. The average Bonchev–Trinajstić information content (AvgIpc) is 3.69. The van der Waals surface area contributed by atoms with Crippen molar-refractivity contribution in [2.75, 3.05) is 32.3 Å². The zero-order valence-electron chi connectivity index (χ0n) is 26.6. The lowest BCUT2D eigenvalue weighted by Crippen LogP contribution is -2.58. The maximum atomic E-state index is 14.4. The molecule has 1 aliphatic carbocycles. The van der Waals surface area contributed by atoms with E-state index in [2.05, 4.69) is 24.5 Å². The van der Waals surface area contributed by atoms with E-state index in [1.165, 1.54) is 0 Å². The Morgan fingerprint density at radius 1 is 1.07 bits per heavy atom. The van der Waals surface area contributed by atoms with Crippen LogP contribution in [0.5, 0.6) is 11.5 Å². The van der Waals surface area contributed by atoms with Crippen molar-refractivity contribution in [2.45, 2.75) is 68.2 Å². The van der Waals surface area contributed by atoms with Gasteiger partial charge in [0.25, 0.3) is 0 Å². The Morgan fingerprint density at radius 3 is 2.62 bits per heavy atom. The summed E-state index contributed by atoms with van der Waals surface area (Å²) in [5.74, 6) is -0.256.